The highest BCUT2D eigenvalue weighted by atomic mass is 16.6. The van der Waals surface area contributed by atoms with Gasteiger partial charge in [0.1, 0.15) is 42.9 Å². The van der Waals surface area contributed by atoms with Gasteiger partial charge in [-0.25, -0.2) is 9.59 Å². The Morgan fingerprint density at radius 1 is 0.719 bits per heavy atom. The number of amides is 5. The molecule has 0 aromatic rings. The highest BCUT2D eigenvalue weighted by Gasteiger charge is 2.40. The molecule has 1 aliphatic rings. The summed E-state index contributed by atoms with van der Waals surface area (Å²) in [6.07, 6.45) is -6.40. The molecule has 0 aromatic carbocycles. The monoisotopic (exact) mass is 821 g/mol. The number of esters is 2. The van der Waals surface area contributed by atoms with Crippen molar-refractivity contribution in [1.29, 1.82) is 0 Å². The van der Waals surface area contributed by atoms with Crippen molar-refractivity contribution >= 4 is 47.4 Å². The Balaban J connectivity index is 2.99. The quantitative estimate of drug-likeness (QED) is 0.0271. The summed E-state index contributed by atoms with van der Waals surface area (Å²) in [5.74, 6) is -11.0. The van der Waals surface area contributed by atoms with Gasteiger partial charge in [-0.3, -0.25) is 28.8 Å². The zero-order chi connectivity index (χ0) is 43.4. The molecule has 2 unspecified atom stereocenters. The van der Waals surface area contributed by atoms with Gasteiger partial charge in [-0.1, -0.05) is 0 Å². The van der Waals surface area contributed by atoms with E-state index < -0.39 is 140 Å². The van der Waals surface area contributed by atoms with E-state index in [9.17, 15) is 74.1 Å². The molecule has 1 heterocycles. The van der Waals surface area contributed by atoms with Crippen LogP contribution in [0.15, 0.2) is 11.5 Å². The number of cyclic esters (lactones) is 1. The van der Waals surface area contributed by atoms with E-state index in [2.05, 4.69) is 31.3 Å². The summed E-state index contributed by atoms with van der Waals surface area (Å²) >= 11 is 0. The summed E-state index contributed by atoms with van der Waals surface area (Å²) in [6.45, 7) is 0.964. The third-order valence-electron chi connectivity index (χ3n) is 8.36. The SMILES string of the molecule is C[C@@H](O)[C@H](NC(=O)[C@H](CCCCN)NC(=O)CCC(=O)OCC(O)C1OC(=O)C(O)=C1O)C(=O)N[C@H](C(=O)N[C@@H](CCCCN)C(=O)N[C@@H](CO)C(=O)O)[C@@H](C)O. The number of nitrogens with one attached hydrogen (secondary N) is 5. The van der Waals surface area contributed by atoms with E-state index in [0.29, 0.717) is 25.7 Å². The molecule has 1 aliphatic heterocycles. The predicted molar refractivity (Wildman–Crippen MR) is 192 cm³/mol. The van der Waals surface area contributed by atoms with Crippen LogP contribution in [-0.4, -0.2) is 164 Å². The van der Waals surface area contributed by atoms with Crippen LogP contribution in [0.5, 0.6) is 0 Å². The normalized spacial score (nSPS) is 18.0. The number of rotatable bonds is 27. The first-order valence-electron chi connectivity index (χ1n) is 18.1. The molecule has 24 nitrogen and oxygen atoms in total. The Bertz CT molecular complexity index is 1440. The smallest absolute Gasteiger partial charge is 0.377 e. The van der Waals surface area contributed by atoms with Crippen LogP contribution in [-0.2, 0) is 47.8 Å². The number of carboxylic acids is 1. The molecule has 57 heavy (non-hydrogen) atoms. The van der Waals surface area contributed by atoms with E-state index in [0.717, 1.165) is 13.8 Å². The van der Waals surface area contributed by atoms with E-state index in [1.807, 2.05) is 0 Å². The minimum atomic E-state index is -1.78. The molecule has 0 bridgehead atoms. The van der Waals surface area contributed by atoms with Crippen LogP contribution in [0.25, 0.3) is 0 Å². The highest BCUT2D eigenvalue weighted by molar-refractivity contribution is 5.96. The number of carbonyl (C=O) groups excluding carboxylic acids is 7. The second kappa shape index (κ2) is 25.2. The number of carboxylic acid groups (broad SMARTS) is 1. The van der Waals surface area contributed by atoms with E-state index >= 15 is 0 Å². The lowest BCUT2D eigenvalue weighted by Crippen LogP contribution is -2.62. The van der Waals surface area contributed by atoms with Crippen molar-refractivity contribution in [2.24, 2.45) is 11.5 Å². The molecule has 0 saturated heterocycles. The molecule has 0 aromatic heterocycles. The molecule has 5 amide bonds. The number of unbranched alkanes of at least 4 members (excludes halogenated alkanes) is 2. The largest absolute Gasteiger partial charge is 0.505 e. The molecule has 24 heteroatoms. The maximum atomic E-state index is 13.4. The van der Waals surface area contributed by atoms with Crippen LogP contribution in [0.3, 0.4) is 0 Å². The molecule has 1 rings (SSSR count). The molecular weight excluding hydrogens is 766 g/mol. The predicted octanol–water partition coefficient (Wildman–Crippen LogP) is -5.56. The lowest BCUT2D eigenvalue weighted by atomic mass is 10.0. The number of carbonyl (C=O) groups is 8. The summed E-state index contributed by atoms with van der Waals surface area (Å²) in [7, 11) is 0. The Kier molecular flexibility index (Phi) is 22.0. The average Bonchev–Trinajstić information content (AvgIpc) is 3.41. The lowest BCUT2D eigenvalue weighted by molar-refractivity contribution is -0.155. The van der Waals surface area contributed by atoms with Gasteiger partial charge in [0.25, 0.3) is 0 Å². The van der Waals surface area contributed by atoms with Gasteiger partial charge in [-0.2, -0.15) is 0 Å². The summed E-state index contributed by atoms with van der Waals surface area (Å²) < 4.78 is 9.39. The van der Waals surface area contributed by atoms with Gasteiger partial charge in [0.2, 0.25) is 35.3 Å². The second-order valence-corrected chi connectivity index (χ2v) is 13.1. The number of hydrogen-bond acceptors (Lipinski definition) is 18. The van der Waals surface area contributed by atoms with Crippen molar-refractivity contribution < 1.29 is 83.6 Å². The Hall–Kier alpha value is -5.14. The van der Waals surface area contributed by atoms with E-state index in [4.69, 9.17) is 16.2 Å². The standard InChI is InChI=1S/C33H55N7O17/c1-15(42)23(30(51)37-18(8-4-6-12-35)28(49)38-19(13-41)32(53)54)40-31(52)24(16(2)43)39-29(50)17(7-3-5-11-34)36-21(45)9-10-22(46)56-14-20(44)27-25(47)26(48)33(55)57-27/h15-20,23-24,27,41-44,47-48H,3-14,34-35H2,1-2H3,(H,36,45)(H,37,51)(H,38,49)(H,39,50)(H,40,52)(H,53,54)/t15-,16-,17+,18+,19+,20?,23+,24+,27?/m1/s1. The fourth-order valence-electron chi connectivity index (χ4n) is 5.10. The topological polar surface area (TPSA) is 409 Å². The Morgan fingerprint density at radius 2 is 1.19 bits per heavy atom. The van der Waals surface area contributed by atoms with Gasteiger partial charge in [-0.05, 0) is 65.5 Å². The first-order valence-corrected chi connectivity index (χ1v) is 18.1. The average molecular weight is 822 g/mol. The highest BCUT2D eigenvalue weighted by Crippen LogP contribution is 2.21. The first kappa shape index (κ1) is 49.9. The van der Waals surface area contributed by atoms with Gasteiger partial charge in [-0.15, -0.1) is 0 Å². The van der Waals surface area contributed by atoms with E-state index in [1.165, 1.54) is 0 Å². The third kappa shape index (κ3) is 16.9. The van der Waals surface area contributed by atoms with E-state index in [-0.39, 0.29) is 25.9 Å². The van der Waals surface area contributed by atoms with Gasteiger partial charge in [0, 0.05) is 6.42 Å². The zero-order valence-corrected chi connectivity index (χ0v) is 31.5. The minimum absolute atomic E-state index is 0.0190. The van der Waals surface area contributed by atoms with Crippen LogP contribution in [0, 0.1) is 0 Å². The second-order valence-electron chi connectivity index (χ2n) is 13.1. The molecule has 324 valence electrons. The molecule has 0 radical (unpaired) electrons. The van der Waals surface area contributed by atoms with Crippen LogP contribution in [0.4, 0.5) is 0 Å². The molecular formula is C33H55N7O17. The Labute approximate surface area is 326 Å². The minimum Gasteiger partial charge on any atom is -0.505 e. The lowest BCUT2D eigenvalue weighted by Gasteiger charge is -2.29. The van der Waals surface area contributed by atoms with Crippen molar-refractivity contribution in [2.45, 2.75) is 120 Å². The van der Waals surface area contributed by atoms with Crippen molar-refractivity contribution in [2.75, 3.05) is 26.3 Å². The van der Waals surface area contributed by atoms with E-state index in [1.54, 1.807) is 0 Å². The molecule has 9 atom stereocenters. The first-order chi connectivity index (χ1) is 26.8. The molecule has 0 fully saturated rings. The van der Waals surface area contributed by atoms with Crippen molar-refractivity contribution in [3.8, 4) is 0 Å². The van der Waals surface area contributed by atoms with Crippen LogP contribution < -0.4 is 38.1 Å². The summed E-state index contributed by atoms with van der Waals surface area (Å²) in [4.78, 5) is 100. The number of hydrogen-bond donors (Lipinski definition) is 14. The van der Waals surface area contributed by atoms with Gasteiger partial charge < -0.3 is 83.3 Å². The molecule has 16 N–H and O–H groups in total. The molecule has 0 saturated carbocycles. The van der Waals surface area contributed by atoms with Crippen molar-refractivity contribution in [1.82, 2.24) is 26.6 Å². The maximum absolute atomic E-state index is 13.4. The van der Waals surface area contributed by atoms with Gasteiger partial charge in [0.05, 0.1) is 25.2 Å². The number of nitrogens with two attached hydrogens (primary N) is 2. The number of aliphatic hydroxyl groups excluding tert-OH is 6. The van der Waals surface area contributed by atoms with Crippen molar-refractivity contribution in [3.63, 3.8) is 0 Å². The van der Waals surface area contributed by atoms with Gasteiger partial charge in [0.15, 0.2) is 11.9 Å². The summed E-state index contributed by atoms with van der Waals surface area (Å²) in [5.41, 5.74) is 11.0. The molecule has 0 aliphatic carbocycles. The molecule has 0 spiro atoms. The zero-order valence-electron chi connectivity index (χ0n) is 31.5. The van der Waals surface area contributed by atoms with Crippen LogP contribution in [0.2, 0.25) is 0 Å². The number of aliphatic carboxylic acids is 1. The third-order valence-corrected chi connectivity index (χ3v) is 8.36. The summed E-state index contributed by atoms with van der Waals surface area (Å²) in [5, 5.41) is 79.7. The Morgan fingerprint density at radius 3 is 1.65 bits per heavy atom. The van der Waals surface area contributed by atoms with Gasteiger partial charge >= 0.3 is 17.9 Å². The summed E-state index contributed by atoms with van der Waals surface area (Å²) in [6, 6.07) is -7.99. The number of ether oxygens (including phenoxy) is 2. The fraction of sp³-hybridized carbons (Fsp3) is 0.697. The van der Waals surface area contributed by atoms with Crippen LogP contribution in [0.1, 0.15) is 65.2 Å². The van der Waals surface area contributed by atoms with Crippen LogP contribution >= 0.6 is 0 Å². The fourth-order valence-corrected chi connectivity index (χ4v) is 5.10. The maximum Gasteiger partial charge on any atom is 0.377 e. The number of aliphatic hydroxyl groups is 6. The van der Waals surface area contributed by atoms with Crippen molar-refractivity contribution in [3.05, 3.63) is 11.5 Å².